The van der Waals surface area contributed by atoms with Crippen molar-refractivity contribution in [1.82, 2.24) is 15.5 Å². The maximum absolute atomic E-state index is 12.8. The summed E-state index contributed by atoms with van der Waals surface area (Å²) >= 11 is 0. The highest BCUT2D eigenvalue weighted by Gasteiger charge is 2.50. The Labute approximate surface area is 126 Å². The largest absolute Gasteiger partial charge is 0.358 e. The van der Waals surface area contributed by atoms with Crippen LogP contribution in [0, 0.1) is 5.41 Å². The first kappa shape index (κ1) is 16.2. The van der Waals surface area contributed by atoms with E-state index in [4.69, 9.17) is 4.74 Å². The Balaban J connectivity index is 2.15. The van der Waals surface area contributed by atoms with Crippen LogP contribution in [0.3, 0.4) is 0 Å². The van der Waals surface area contributed by atoms with Gasteiger partial charge < -0.3 is 20.3 Å². The molecule has 2 rings (SSSR count). The summed E-state index contributed by atoms with van der Waals surface area (Å²) in [5, 5.41) is 5.62. The molecule has 2 aliphatic rings. The van der Waals surface area contributed by atoms with Crippen LogP contribution in [0.4, 0.5) is 0 Å². The summed E-state index contributed by atoms with van der Waals surface area (Å²) < 4.78 is 5.87. The van der Waals surface area contributed by atoms with Gasteiger partial charge in [-0.1, -0.05) is 20.8 Å². The molecular formula is C15H27N3O3. The molecule has 6 heteroatoms. The van der Waals surface area contributed by atoms with Crippen LogP contribution in [0.1, 0.15) is 40.0 Å². The second-order valence-corrected chi connectivity index (χ2v) is 6.63. The fraction of sp³-hybridized carbons (Fsp3) is 0.867. The number of fused-ring (bicyclic) bond motifs is 1. The van der Waals surface area contributed by atoms with Crippen LogP contribution in [-0.4, -0.2) is 55.2 Å². The molecule has 2 unspecified atom stereocenters. The smallest absolute Gasteiger partial charge is 0.247 e. The van der Waals surface area contributed by atoms with Gasteiger partial charge in [0.1, 0.15) is 12.3 Å². The van der Waals surface area contributed by atoms with Crippen molar-refractivity contribution in [3.63, 3.8) is 0 Å². The van der Waals surface area contributed by atoms with Crippen LogP contribution >= 0.6 is 0 Å². The molecule has 0 aromatic carbocycles. The molecule has 2 amide bonds. The third kappa shape index (κ3) is 3.21. The van der Waals surface area contributed by atoms with Gasteiger partial charge in [0.05, 0.1) is 13.2 Å². The van der Waals surface area contributed by atoms with Gasteiger partial charge in [-0.25, -0.2) is 0 Å². The average Bonchev–Trinajstić information content (AvgIpc) is 2.58. The lowest BCUT2D eigenvalue weighted by Gasteiger charge is -2.33. The number of rotatable bonds is 4. The van der Waals surface area contributed by atoms with Crippen molar-refractivity contribution < 1.29 is 14.3 Å². The summed E-state index contributed by atoms with van der Waals surface area (Å²) in [7, 11) is 1.71. The monoisotopic (exact) mass is 297 g/mol. The summed E-state index contributed by atoms with van der Waals surface area (Å²) in [6.45, 7) is 7.18. The van der Waals surface area contributed by atoms with Gasteiger partial charge in [-0.05, 0) is 25.3 Å². The lowest BCUT2D eigenvalue weighted by Crippen LogP contribution is -2.53. The molecule has 120 valence electrons. The van der Waals surface area contributed by atoms with Gasteiger partial charge in [-0.2, -0.15) is 0 Å². The molecule has 3 atom stereocenters. The van der Waals surface area contributed by atoms with Crippen molar-refractivity contribution in [2.45, 2.75) is 58.3 Å². The van der Waals surface area contributed by atoms with E-state index in [0.717, 1.165) is 12.8 Å². The summed E-state index contributed by atoms with van der Waals surface area (Å²) in [6.07, 6.45) is 2.14. The third-order valence-electron chi connectivity index (χ3n) is 4.58. The molecule has 0 aromatic rings. The third-order valence-corrected chi connectivity index (χ3v) is 4.58. The molecule has 0 saturated carbocycles. The summed E-state index contributed by atoms with van der Waals surface area (Å²) in [5.74, 6) is -0.153. The number of ether oxygens (including phenoxy) is 1. The van der Waals surface area contributed by atoms with E-state index in [1.807, 2.05) is 4.90 Å². The molecule has 2 saturated heterocycles. The summed E-state index contributed by atoms with van der Waals surface area (Å²) in [4.78, 5) is 26.5. The first-order chi connectivity index (χ1) is 9.90. The second kappa shape index (κ2) is 6.32. The number of hydrogen-bond donors (Lipinski definition) is 2. The molecule has 0 radical (unpaired) electrons. The Kier molecular flexibility index (Phi) is 4.88. The van der Waals surface area contributed by atoms with Gasteiger partial charge in [-0.3, -0.25) is 9.59 Å². The zero-order valence-corrected chi connectivity index (χ0v) is 13.4. The predicted octanol–water partition coefficient (Wildman–Crippen LogP) is 0.474. The fourth-order valence-corrected chi connectivity index (χ4v) is 3.61. The molecule has 2 fully saturated rings. The summed E-state index contributed by atoms with van der Waals surface area (Å²) in [6, 6.07) is -0.310. The van der Waals surface area contributed by atoms with Crippen LogP contribution in [0.15, 0.2) is 0 Å². The van der Waals surface area contributed by atoms with E-state index in [-0.39, 0.29) is 36.0 Å². The molecule has 0 aromatic heterocycles. The van der Waals surface area contributed by atoms with Gasteiger partial charge in [0.25, 0.3) is 0 Å². The predicted molar refractivity (Wildman–Crippen MR) is 79.5 cm³/mol. The molecule has 2 heterocycles. The number of carbonyl (C=O) groups is 2. The zero-order valence-electron chi connectivity index (χ0n) is 13.4. The number of carbonyl (C=O) groups excluding carboxylic acids is 2. The van der Waals surface area contributed by atoms with E-state index in [1.165, 1.54) is 0 Å². The Morgan fingerprint density at radius 3 is 2.81 bits per heavy atom. The van der Waals surface area contributed by atoms with Crippen molar-refractivity contribution >= 4 is 11.8 Å². The Morgan fingerprint density at radius 2 is 2.19 bits per heavy atom. The number of likely N-dealkylation sites (N-methyl/N-ethyl adjacent to an activating group) is 1. The zero-order chi connectivity index (χ0) is 15.6. The fourth-order valence-electron chi connectivity index (χ4n) is 3.61. The lowest BCUT2D eigenvalue weighted by atomic mass is 9.83. The van der Waals surface area contributed by atoms with Crippen LogP contribution < -0.4 is 10.6 Å². The van der Waals surface area contributed by atoms with E-state index in [0.29, 0.717) is 13.0 Å². The average molecular weight is 297 g/mol. The van der Waals surface area contributed by atoms with Crippen molar-refractivity contribution in [1.29, 1.82) is 0 Å². The molecular weight excluding hydrogens is 270 g/mol. The molecule has 2 N–H and O–H groups in total. The van der Waals surface area contributed by atoms with Gasteiger partial charge in [0.15, 0.2) is 0 Å². The van der Waals surface area contributed by atoms with Gasteiger partial charge >= 0.3 is 0 Å². The van der Waals surface area contributed by atoms with Crippen LogP contribution in [0.2, 0.25) is 0 Å². The number of amides is 2. The highest BCUT2D eigenvalue weighted by atomic mass is 16.5. The van der Waals surface area contributed by atoms with E-state index in [2.05, 4.69) is 31.4 Å². The number of hydrogen-bond acceptors (Lipinski definition) is 4. The van der Waals surface area contributed by atoms with Gasteiger partial charge in [-0.15, -0.1) is 0 Å². The van der Waals surface area contributed by atoms with Gasteiger partial charge in [0, 0.05) is 12.5 Å². The molecule has 21 heavy (non-hydrogen) atoms. The lowest BCUT2D eigenvalue weighted by molar-refractivity contribution is -0.144. The standard InChI is InChI=1S/C15H27N3O3/c1-5-11-15(2,3)8-13-18(11)14(20)10(6-7-21-13)17-12(19)9-16-4/h10-11,13,16H,5-9H2,1-4H3,(H,17,19)/t10-,11?,13?/m0/s1. The number of nitrogens with one attached hydrogen (secondary N) is 2. The van der Waals surface area contributed by atoms with Crippen molar-refractivity contribution in [3.05, 3.63) is 0 Å². The van der Waals surface area contributed by atoms with E-state index in [9.17, 15) is 9.59 Å². The highest BCUT2D eigenvalue weighted by Crippen LogP contribution is 2.43. The molecule has 0 bridgehead atoms. The first-order valence-corrected chi connectivity index (χ1v) is 7.78. The molecule has 6 nitrogen and oxygen atoms in total. The van der Waals surface area contributed by atoms with Crippen molar-refractivity contribution in [2.24, 2.45) is 5.41 Å². The quantitative estimate of drug-likeness (QED) is 0.791. The highest BCUT2D eigenvalue weighted by molar-refractivity contribution is 5.89. The Morgan fingerprint density at radius 1 is 1.48 bits per heavy atom. The van der Waals surface area contributed by atoms with E-state index >= 15 is 0 Å². The minimum atomic E-state index is -0.473. The minimum absolute atomic E-state index is 0.000576. The first-order valence-electron chi connectivity index (χ1n) is 7.78. The van der Waals surface area contributed by atoms with Crippen LogP contribution in [-0.2, 0) is 14.3 Å². The topological polar surface area (TPSA) is 70.7 Å². The van der Waals surface area contributed by atoms with Crippen LogP contribution in [0.5, 0.6) is 0 Å². The minimum Gasteiger partial charge on any atom is -0.358 e. The molecule has 0 spiro atoms. The number of nitrogens with zero attached hydrogens (tertiary/aromatic N) is 1. The van der Waals surface area contributed by atoms with Crippen molar-refractivity contribution in [2.75, 3.05) is 20.2 Å². The van der Waals surface area contributed by atoms with Crippen LogP contribution in [0.25, 0.3) is 0 Å². The van der Waals surface area contributed by atoms with E-state index < -0.39 is 6.04 Å². The Bertz CT molecular complexity index is 411. The SMILES string of the molecule is CCC1N2C(=O)[C@@H](NC(=O)CNC)CCOC2CC1(C)C. The molecule has 0 aliphatic carbocycles. The molecule has 2 aliphatic heterocycles. The maximum atomic E-state index is 12.8. The van der Waals surface area contributed by atoms with E-state index in [1.54, 1.807) is 7.05 Å². The van der Waals surface area contributed by atoms with Crippen molar-refractivity contribution in [3.8, 4) is 0 Å². The summed E-state index contributed by atoms with van der Waals surface area (Å²) in [5.41, 5.74) is 0.0476. The second-order valence-electron chi connectivity index (χ2n) is 6.63. The normalized spacial score (nSPS) is 31.7. The Hall–Kier alpha value is -1.14. The van der Waals surface area contributed by atoms with Gasteiger partial charge in [0.2, 0.25) is 11.8 Å². The maximum Gasteiger partial charge on any atom is 0.247 e.